The zero-order valence-corrected chi connectivity index (χ0v) is 12.7. The summed E-state index contributed by atoms with van der Waals surface area (Å²) in [5, 5.41) is 3.74. The fraction of sp³-hybridized carbons (Fsp3) is 0.667. The Morgan fingerprint density at radius 1 is 1.30 bits per heavy atom. The number of fused-ring (bicyclic) bond motifs is 2. The van der Waals surface area contributed by atoms with Crippen LogP contribution in [0.5, 0.6) is 0 Å². The van der Waals surface area contributed by atoms with Gasteiger partial charge in [-0.25, -0.2) is 4.39 Å². The summed E-state index contributed by atoms with van der Waals surface area (Å²) in [6.45, 7) is 5.13. The van der Waals surface area contributed by atoms with Crippen LogP contribution in [0.3, 0.4) is 0 Å². The summed E-state index contributed by atoms with van der Waals surface area (Å²) in [7, 11) is 0. The van der Waals surface area contributed by atoms with Crippen LogP contribution in [-0.4, -0.2) is 6.54 Å². The minimum absolute atomic E-state index is 0.0871. The van der Waals surface area contributed by atoms with Gasteiger partial charge in [-0.05, 0) is 74.1 Å². The lowest BCUT2D eigenvalue weighted by Crippen LogP contribution is -2.32. The topological polar surface area (TPSA) is 12.0 Å². The van der Waals surface area contributed by atoms with Crippen LogP contribution in [0.1, 0.15) is 56.2 Å². The van der Waals surface area contributed by atoms with Crippen LogP contribution in [0.2, 0.25) is 0 Å². The summed E-state index contributed by atoms with van der Waals surface area (Å²) >= 11 is 0. The van der Waals surface area contributed by atoms with Crippen molar-refractivity contribution in [2.45, 2.75) is 52.0 Å². The molecule has 0 aliphatic heterocycles. The Labute approximate surface area is 122 Å². The van der Waals surface area contributed by atoms with E-state index in [9.17, 15) is 4.39 Å². The number of rotatable bonds is 5. The van der Waals surface area contributed by atoms with Crippen LogP contribution < -0.4 is 5.32 Å². The van der Waals surface area contributed by atoms with Gasteiger partial charge in [0.2, 0.25) is 0 Å². The van der Waals surface area contributed by atoms with Crippen molar-refractivity contribution in [3.63, 3.8) is 0 Å². The van der Waals surface area contributed by atoms with E-state index in [4.69, 9.17) is 0 Å². The molecule has 1 aromatic rings. The number of aryl methyl sites for hydroxylation is 1. The fourth-order valence-corrected chi connectivity index (χ4v) is 4.38. The molecule has 110 valence electrons. The van der Waals surface area contributed by atoms with Crippen LogP contribution >= 0.6 is 0 Å². The maximum absolute atomic E-state index is 13.5. The van der Waals surface area contributed by atoms with E-state index in [1.165, 1.54) is 31.2 Å². The molecule has 0 radical (unpaired) electrons. The number of benzene rings is 1. The van der Waals surface area contributed by atoms with Gasteiger partial charge in [0, 0.05) is 6.04 Å². The van der Waals surface area contributed by atoms with Crippen molar-refractivity contribution in [1.82, 2.24) is 5.32 Å². The summed E-state index contributed by atoms with van der Waals surface area (Å²) in [4.78, 5) is 0. The average molecular weight is 275 g/mol. The number of hydrogen-bond acceptors (Lipinski definition) is 1. The summed E-state index contributed by atoms with van der Waals surface area (Å²) in [5.74, 6) is 2.51. The minimum Gasteiger partial charge on any atom is -0.310 e. The maximum atomic E-state index is 13.5. The van der Waals surface area contributed by atoms with Crippen molar-refractivity contribution in [2.24, 2.45) is 17.8 Å². The van der Waals surface area contributed by atoms with Gasteiger partial charge < -0.3 is 5.32 Å². The Morgan fingerprint density at radius 3 is 2.75 bits per heavy atom. The lowest BCUT2D eigenvalue weighted by atomic mass is 9.80. The molecule has 4 unspecified atom stereocenters. The lowest BCUT2D eigenvalue weighted by molar-refractivity contribution is 0.250. The van der Waals surface area contributed by atoms with E-state index in [-0.39, 0.29) is 5.82 Å². The van der Waals surface area contributed by atoms with Crippen molar-refractivity contribution in [3.8, 4) is 0 Å². The van der Waals surface area contributed by atoms with Gasteiger partial charge in [-0.3, -0.25) is 0 Å². The van der Waals surface area contributed by atoms with E-state index in [2.05, 4.69) is 18.3 Å². The molecule has 2 aliphatic carbocycles. The third-order valence-electron chi connectivity index (χ3n) is 5.38. The van der Waals surface area contributed by atoms with Crippen molar-refractivity contribution in [2.75, 3.05) is 6.54 Å². The maximum Gasteiger partial charge on any atom is 0.126 e. The molecule has 2 aliphatic rings. The fourth-order valence-electron chi connectivity index (χ4n) is 4.38. The Kier molecular flexibility index (Phi) is 4.11. The molecule has 1 nitrogen and oxygen atoms in total. The number of hydrogen-bond donors (Lipinski definition) is 1. The molecular weight excluding hydrogens is 249 g/mol. The average Bonchev–Trinajstić information content (AvgIpc) is 3.06. The highest BCUT2D eigenvalue weighted by atomic mass is 19.1. The smallest absolute Gasteiger partial charge is 0.126 e. The van der Waals surface area contributed by atoms with E-state index < -0.39 is 0 Å². The molecule has 1 N–H and O–H groups in total. The largest absolute Gasteiger partial charge is 0.310 e. The van der Waals surface area contributed by atoms with Crippen LogP contribution in [0.4, 0.5) is 4.39 Å². The second kappa shape index (κ2) is 5.85. The monoisotopic (exact) mass is 275 g/mol. The highest BCUT2D eigenvalue weighted by Crippen LogP contribution is 2.52. The minimum atomic E-state index is -0.0871. The van der Waals surface area contributed by atoms with Gasteiger partial charge in [0.1, 0.15) is 5.82 Å². The first-order valence-corrected chi connectivity index (χ1v) is 8.18. The molecular formula is C18H26FN. The van der Waals surface area contributed by atoms with Crippen molar-refractivity contribution < 1.29 is 4.39 Å². The molecule has 0 amide bonds. The summed E-state index contributed by atoms with van der Waals surface area (Å²) in [6, 6.07) is 6.10. The van der Waals surface area contributed by atoms with Crippen LogP contribution in [0, 0.1) is 30.5 Å². The third-order valence-corrected chi connectivity index (χ3v) is 5.38. The molecule has 2 fully saturated rings. The van der Waals surface area contributed by atoms with Gasteiger partial charge in [-0.2, -0.15) is 0 Å². The van der Waals surface area contributed by atoms with Gasteiger partial charge in [0.15, 0.2) is 0 Å². The Balaban J connectivity index is 1.83. The molecule has 2 heteroatoms. The highest BCUT2D eigenvalue weighted by Gasteiger charge is 2.43. The van der Waals surface area contributed by atoms with Crippen molar-refractivity contribution in [1.29, 1.82) is 0 Å². The molecule has 3 rings (SSSR count). The molecule has 0 saturated heterocycles. The third kappa shape index (κ3) is 2.63. The first kappa shape index (κ1) is 14.1. The molecule has 20 heavy (non-hydrogen) atoms. The SMILES string of the molecule is CCCNC(c1ccc(F)c(C)c1)C1CC2CCC1C2. The molecule has 0 aromatic heterocycles. The lowest BCUT2D eigenvalue weighted by Gasteiger charge is -2.32. The standard InChI is InChI=1S/C18H26FN/c1-3-8-20-18(15-6-7-17(19)12(2)9-15)16-11-13-4-5-14(16)10-13/h6-7,9,13-14,16,18,20H,3-5,8,10-11H2,1-2H3. The molecule has 0 spiro atoms. The van der Waals surface area contributed by atoms with E-state index in [0.29, 0.717) is 6.04 Å². The Morgan fingerprint density at radius 2 is 2.15 bits per heavy atom. The second-order valence-corrected chi connectivity index (χ2v) is 6.78. The van der Waals surface area contributed by atoms with Gasteiger partial charge in [-0.1, -0.05) is 25.5 Å². The molecule has 4 atom stereocenters. The first-order chi connectivity index (χ1) is 9.69. The zero-order valence-electron chi connectivity index (χ0n) is 12.7. The Hall–Kier alpha value is -0.890. The van der Waals surface area contributed by atoms with Crippen LogP contribution in [0.25, 0.3) is 0 Å². The van der Waals surface area contributed by atoms with E-state index in [1.807, 2.05) is 13.0 Å². The second-order valence-electron chi connectivity index (χ2n) is 6.78. The highest BCUT2D eigenvalue weighted by molar-refractivity contribution is 5.27. The van der Waals surface area contributed by atoms with E-state index >= 15 is 0 Å². The predicted octanol–water partition coefficient (Wildman–Crippen LogP) is 4.61. The number of halogens is 1. The molecule has 1 aromatic carbocycles. The van der Waals surface area contributed by atoms with Gasteiger partial charge in [0.05, 0.1) is 0 Å². The summed E-state index contributed by atoms with van der Waals surface area (Å²) in [6.07, 6.45) is 6.78. The normalized spacial score (nSPS) is 29.9. The predicted molar refractivity (Wildman–Crippen MR) is 81.1 cm³/mol. The van der Waals surface area contributed by atoms with Crippen molar-refractivity contribution in [3.05, 3.63) is 35.1 Å². The zero-order chi connectivity index (χ0) is 14.1. The quantitative estimate of drug-likeness (QED) is 0.827. The van der Waals surface area contributed by atoms with Gasteiger partial charge in [0.25, 0.3) is 0 Å². The van der Waals surface area contributed by atoms with Crippen molar-refractivity contribution >= 4 is 0 Å². The number of nitrogens with one attached hydrogen (secondary N) is 1. The van der Waals surface area contributed by atoms with E-state index in [0.717, 1.165) is 36.3 Å². The molecule has 2 bridgehead atoms. The molecule has 2 saturated carbocycles. The van der Waals surface area contributed by atoms with Gasteiger partial charge >= 0.3 is 0 Å². The first-order valence-electron chi connectivity index (χ1n) is 8.18. The van der Waals surface area contributed by atoms with Crippen LogP contribution in [-0.2, 0) is 0 Å². The van der Waals surface area contributed by atoms with Gasteiger partial charge in [-0.15, -0.1) is 0 Å². The Bertz CT molecular complexity index is 470. The summed E-state index contributed by atoms with van der Waals surface area (Å²) < 4.78 is 13.5. The van der Waals surface area contributed by atoms with Crippen LogP contribution in [0.15, 0.2) is 18.2 Å². The summed E-state index contributed by atoms with van der Waals surface area (Å²) in [5.41, 5.74) is 2.06. The van der Waals surface area contributed by atoms with E-state index in [1.54, 1.807) is 6.07 Å². The molecule has 0 heterocycles.